The molecule has 0 unspecified atom stereocenters. The highest BCUT2D eigenvalue weighted by Gasteiger charge is 2.37. The summed E-state index contributed by atoms with van der Waals surface area (Å²) >= 11 is 0. The van der Waals surface area contributed by atoms with Crippen LogP contribution in [0.1, 0.15) is 42.5 Å². The summed E-state index contributed by atoms with van der Waals surface area (Å²) in [5, 5.41) is 10.2. The van der Waals surface area contributed by atoms with Crippen molar-refractivity contribution in [3.8, 4) is 0 Å². The second kappa shape index (κ2) is 6.49. The lowest BCUT2D eigenvalue weighted by Gasteiger charge is -2.30. The van der Waals surface area contributed by atoms with Gasteiger partial charge in [-0.1, -0.05) is 49.6 Å². The molecule has 0 saturated heterocycles. The van der Waals surface area contributed by atoms with E-state index in [1.54, 1.807) is 12.1 Å². The quantitative estimate of drug-likeness (QED) is 0.411. The van der Waals surface area contributed by atoms with Crippen LogP contribution in [0.5, 0.6) is 0 Å². The van der Waals surface area contributed by atoms with Gasteiger partial charge in [0.15, 0.2) is 5.78 Å². The molecule has 0 spiro atoms. The Morgan fingerprint density at radius 1 is 1.06 bits per heavy atom. The second-order valence-electron chi connectivity index (χ2n) is 4.29. The number of nitrogens with two attached hydrogens (primary N) is 2. The van der Waals surface area contributed by atoms with Crippen molar-refractivity contribution in [3.63, 3.8) is 0 Å². The zero-order chi connectivity index (χ0) is 12.7. The van der Waals surface area contributed by atoms with Gasteiger partial charge >= 0.3 is 0 Å². The van der Waals surface area contributed by atoms with E-state index in [9.17, 15) is 9.90 Å². The van der Waals surface area contributed by atoms with Gasteiger partial charge in [-0.3, -0.25) is 16.5 Å². The molecule has 1 saturated carbocycles. The van der Waals surface area contributed by atoms with Crippen molar-refractivity contribution in [3.05, 3.63) is 35.9 Å². The van der Waals surface area contributed by atoms with Gasteiger partial charge in [0.25, 0.3) is 0 Å². The van der Waals surface area contributed by atoms with Crippen LogP contribution in [-0.2, 0) is 0 Å². The van der Waals surface area contributed by atoms with E-state index < -0.39 is 5.60 Å². The normalized spacial score (nSPS) is 17.8. The molecule has 0 bridgehead atoms. The number of rotatable bonds is 2. The third-order valence-corrected chi connectivity index (χ3v) is 3.14. The molecule has 1 aliphatic carbocycles. The maximum atomic E-state index is 12.1. The van der Waals surface area contributed by atoms with E-state index >= 15 is 0 Å². The van der Waals surface area contributed by atoms with Gasteiger partial charge in [0.1, 0.15) is 5.60 Å². The number of ketones is 1. The van der Waals surface area contributed by atoms with E-state index in [1.807, 2.05) is 18.2 Å². The Kier molecular flexibility index (Phi) is 5.28. The molecule has 4 heteroatoms. The summed E-state index contributed by atoms with van der Waals surface area (Å²) in [5.41, 5.74) is -0.471. The van der Waals surface area contributed by atoms with Gasteiger partial charge in [-0.25, -0.2) is 0 Å². The summed E-state index contributed by atoms with van der Waals surface area (Å²) in [4.78, 5) is 12.1. The van der Waals surface area contributed by atoms with Crippen LogP contribution in [0.4, 0.5) is 0 Å². The first-order valence-electron chi connectivity index (χ1n) is 5.88. The number of Topliss-reactive ketones (excluding diaryl/α,β-unsaturated/α-hetero) is 1. The van der Waals surface area contributed by atoms with E-state index in [0.29, 0.717) is 18.4 Å². The first-order chi connectivity index (χ1) is 8.22. The number of hydrazine groups is 1. The standard InChI is InChI=1S/C13H16O2.H4N2/c14-12(11-7-3-1-4-8-11)13(15)9-5-2-6-10-13;1-2/h1,3-4,7-8,15H,2,5-6,9-10H2;1-2H2. The number of benzene rings is 1. The molecule has 0 atom stereocenters. The molecule has 0 aromatic heterocycles. The molecule has 1 aliphatic rings. The summed E-state index contributed by atoms with van der Waals surface area (Å²) in [5.74, 6) is 7.89. The minimum Gasteiger partial charge on any atom is -0.382 e. The van der Waals surface area contributed by atoms with Crippen LogP contribution in [0, 0.1) is 0 Å². The van der Waals surface area contributed by atoms with Crippen LogP contribution >= 0.6 is 0 Å². The first-order valence-corrected chi connectivity index (χ1v) is 5.88. The lowest BCUT2D eigenvalue weighted by molar-refractivity contribution is 0.0116. The third kappa shape index (κ3) is 3.36. The average Bonchev–Trinajstić information content (AvgIpc) is 2.42. The Balaban J connectivity index is 0.000000686. The van der Waals surface area contributed by atoms with Crippen LogP contribution in [0.2, 0.25) is 0 Å². The fraction of sp³-hybridized carbons (Fsp3) is 0.462. The van der Waals surface area contributed by atoms with Gasteiger partial charge in [0.05, 0.1) is 0 Å². The summed E-state index contributed by atoms with van der Waals surface area (Å²) < 4.78 is 0. The van der Waals surface area contributed by atoms with Crippen LogP contribution in [0.15, 0.2) is 30.3 Å². The summed E-state index contributed by atoms with van der Waals surface area (Å²) in [6, 6.07) is 9.09. The molecule has 17 heavy (non-hydrogen) atoms. The molecule has 0 radical (unpaired) electrons. The molecule has 0 heterocycles. The predicted molar refractivity (Wildman–Crippen MR) is 67.2 cm³/mol. The van der Waals surface area contributed by atoms with Crippen molar-refractivity contribution in [1.29, 1.82) is 0 Å². The van der Waals surface area contributed by atoms with E-state index in [0.717, 1.165) is 19.3 Å². The van der Waals surface area contributed by atoms with Crippen molar-refractivity contribution in [2.45, 2.75) is 37.7 Å². The molecule has 5 N–H and O–H groups in total. The van der Waals surface area contributed by atoms with Gasteiger partial charge in [0, 0.05) is 5.56 Å². The molecular weight excluding hydrogens is 216 g/mol. The van der Waals surface area contributed by atoms with Crippen molar-refractivity contribution in [2.75, 3.05) is 0 Å². The molecule has 94 valence electrons. The minimum absolute atomic E-state index is 0.109. The summed E-state index contributed by atoms with van der Waals surface area (Å²) in [7, 11) is 0. The highest BCUT2D eigenvalue weighted by atomic mass is 16.3. The molecule has 1 fully saturated rings. The van der Waals surface area contributed by atoms with E-state index in [2.05, 4.69) is 11.7 Å². The maximum Gasteiger partial charge on any atom is 0.194 e. The largest absolute Gasteiger partial charge is 0.382 e. The highest BCUT2D eigenvalue weighted by Crippen LogP contribution is 2.30. The predicted octanol–water partition coefficient (Wildman–Crippen LogP) is 1.38. The van der Waals surface area contributed by atoms with Crippen LogP contribution in [0.25, 0.3) is 0 Å². The fourth-order valence-corrected chi connectivity index (χ4v) is 2.22. The smallest absolute Gasteiger partial charge is 0.194 e. The Bertz CT molecular complexity index is 346. The molecule has 0 amide bonds. The lowest BCUT2D eigenvalue weighted by Crippen LogP contribution is -2.40. The maximum absolute atomic E-state index is 12.1. The van der Waals surface area contributed by atoms with Gasteiger partial charge < -0.3 is 5.11 Å². The van der Waals surface area contributed by atoms with E-state index in [1.165, 1.54) is 0 Å². The first kappa shape index (κ1) is 13.8. The highest BCUT2D eigenvalue weighted by molar-refractivity contribution is 6.02. The lowest BCUT2D eigenvalue weighted by atomic mass is 9.79. The summed E-state index contributed by atoms with van der Waals surface area (Å²) in [6.07, 6.45) is 4.26. The fourth-order valence-electron chi connectivity index (χ4n) is 2.22. The topological polar surface area (TPSA) is 89.3 Å². The van der Waals surface area contributed by atoms with Crippen molar-refractivity contribution in [1.82, 2.24) is 0 Å². The van der Waals surface area contributed by atoms with Crippen LogP contribution in [-0.4, -0.2) is 16.5 Å². The number of hydrogen-bond acceptors (Lipinski definition) is 4. The molecule has 1 aromatic carbocycles. The number of carbonyl (C=O) groups is 1. The number of aliphatic hydroxyl groups is 1. The van der Waals surface area contributed by atoms with E-state index in [-0.39, 0.29) is 5.78 Å². The Labute approximate surface area is 102 Å². The zero-order valence-corrected chi connectivity index (χ0v) is 9.93. The molecular formula is C13H20N2O2. The minimum atomic E-state index is -1.10. The average molecular weight is 236 g/mol. The number of hydrogen-bond donors (Lipinski definition) is 3. The van der Waals surface area contributed by atoms with Crippen LogP contribution < -0.4 is 11.7 Å². The van der Waals surface area contributed by atoms with Crippen LogP contribution in [0.3, 0.4) is 0 Å². The van der Waals surface area contributed by atoms with Gasteiger partial charge in [-0.2, -0.15) is 0 Å². The van der Waals surface area contributed by atoms with E-state index in [4.69, 9.17) is 0 Å². The van der Waals surface area contributed by atoms with Gasteiger partial charge in [-0.15, -0.1) is 0 Å². The van der Waals surface area contributed by atoms with Crippen molar-refractivity contribution in [2.24, 2.45) is 11.7 Å². The molecule has 2 rings (SSSR count). The molecule has 4 nitrogen and oxygen atoms in total. The van der Waals surface area contributed by atoms with Crippen molar-refractivity contribution < 1.29 is 9.90 Å². The Morgan fingerprint density at radius 2 is 1.59 bits per heavy atom. The van der Waals surface area contributed by atoms with Crippen molar-refractivity contribution >= 4 is 5.78 Å². The Morgan fingerprint density at radius 3 is 2.12 bits per heavy atom. The summed E-state index contributed by atoms with van der Waals surface area (Å²) in [6.45, 7) is 0. The SMILES string of the molecule is NN.O=C(c1ccccc1)C1(O)CCCCC1. The Hall–Kier alpha value is -1.23. The number of carbonyl (C=O) groups excluding carboxylic acids is 1. The van der Waals surface area contributed by atoms with Gasteiger partial charge in [0.2, 0.25) is 0 Å². The van der Waals surface area contributed by atoms with Gasteiger partial charge in [-0.05, 0) is 12.8 Å². The zero-order valence-electron chi connectivity index (χ0n) is 9.93. The monoisotopic (exact) mass is 236 g/mol. The molecule has 0 aliphatic heterocycles. The molecule has 1 aromatic rings. The third-order valence-electron chi connectivity index (χ3n) is 3.14. The second-order valence-corrected chi connectivity index (χ2v) is 4.29.